The van der Waals surface area contributed by atoms with Gasteiger partial charge in [0, 0.05) is 67.2 Å². The maximum Gasteiger partial charge on any atom is 0.417 e. The molecule has 1 aliphatic carbocycles. The van der Waals surface area contributed by atoms with Gasteiger partial charge >= 0.3 is 6.18 Å². The second-order valence-electron chi connectivity index (χ2n) is 27.5. The van der Waals surface area contributed by atoms with Crippen LogP contribution in [-0.2, 0) is 71.8 Å². The summed E-state index contributed by atoms with van der Waals surface area (Å²) < 4.78 is 41.5. The Morgan fingerprint density at radius 2 is 1.30 bits per heavy atom. The molecule has 0 unspecified atom stereocenters. The molecule has 0 aromatic heterocycles. The third-order valence-corrected chi connectivity index (χ3v) is 20.4. The lowest BCUT2D eigenvalue weighted by Crippen LogP contribution is -2.65. The minimum Gasteiger partial charge on any atom is -0.351 e. The van der Waals surface area contributed by atoms with E-state index in [9.17, 15) is 56.3 Å². The van der Waals surface area contributed by atoms with Gasteiger partial charge in [-0.25, -0.2) is 0 Å². The van der Waals surface area contributed by atoms with Crippen LogP contribution in [0.15, 0.2) is 55.1 Å². The number of fused-ring (bicyclic) bond motifs is 2. The van der Waals surface area contributed by atoms with Crippen molar-refractivity contribution in [1.29, 1.82) is 0 Å². The first-order valence-corrected chi connectivity index (χ1v) is 34.2. The number of likely N-dealkylation sites (N-methyl/N-ethyl adjacent to an activating group) is 5. The zero-order valence-corrected chi connectivity index (χ0v) is 58.9. The van der Waals surface area contributed by atoms with Gasteiger partial charge in [-0.05, 0) is 113 Å². The first-order chi connectivity index (χ1) is 45.1. The largest absolute Gasteiger partial charge is 0.417 e. The third-order valence-electron chi connectivity index (χ3n) is 20.1. The SMILES string of the molecule is C=CC[C@@H]1CC(=O)N(C)[C@@H](CC(C)C)C(=O)N[C@@H]([C@@H](C)CC)C(=O)N(C)[C@@H](C)C(=O)N2CC[C@H]2C(=O)N(C)[C@@H](Cc2ccc(C)cc2)C(=O)N(C)CC(=O)N[C@@H](CCc2ccc(C(F)(F)F)c(Cl)c2)C(=O)N2CCC[C@H]2C(=O)NC2(CCCC2)C(=O)N(C)[C@@H]([C@@H](C)CC)C(=O)N1. The number of hydrogen-bond donors (Lipinski definition) is 4. The van der Waals surface area contributed by atoms with Crippen molar-refractivity contribution >= 4 is 76.6 Å². The monoisotopic (exact) mass is 1360 g/mol. The molecule has 3 aliphatic heterocycles. The van der Waals surface area contributed by atoms with E-state index in [1.807, 2.05) is 46.8 Å². The van der Waals surface area contributed by atoms with Crippen molar-refractivity contribution in [2.45, 2.75) is 218 Å². The van der Waals surface area contributed by atoms with Gasteiger partial charge in [-0.3, -0.25) is 52.7 Å². The van der Waals surface area contributed by atoms with Gasteiger partial charge in [0.1, 0.15) is 53.9 Å². The van der Waals surface area contributed by atoms with Crippen molar-refractivity contribution in [2.24, 2.45) is 17.8 Å². The molecule has 4 fully saturated rings. The van der Waals surface area contributed by atoms with Gasteiger partial charge in [-0.1, -0.05) is 121 Å². The van der Waals surface area contributed by atoms with Gasteiger partial charge in [-0.2, -0.15) is 13.2 Å². The number of nitrogens with one attached hydrogen (secondary N) is 4. The summed E-state index contributed by atoms with van der Waals surface area (Å²) in [6.45, 7) is 17.9. The van der Waals surface area contributed by atoms with Gasteiger partial charge < -0.3 is 55.6 Å². The summed E-state index contributed by atoms with van der Waals surface area (Å²) >= 11 is 6.14. The van der Waals surface area contributed by atoms with Crippen LogP contribution in [0.1, 0.15) is 154 Å². The molecule has 1 spiro atoms. The number of carbonyl (C=O) groups excluding carboxylic acids is 11. The maximum absolute atomic E-state index is 15.2. The first kappa shape index (κ1) is 77.4. The van der Waals surface area contributed by atoms with Crippen LogP contribution in [0, 0.1) is 24.7 Å². The van der Waals surface area contributed by atoms with E-state index in [2.05, 4.69) is 27.8 Å². The van der Waals surface area contributed by atoms with Crippen LogP contribution in [0.3, 0.4) is 0 Å². The molecule has 11 atom stereocenters. The maximum atomic E-state index is 15.2. The number of aryl methyl sites for hydroxylation is 2. The summed E-state index contributed by atoms with van der Waals surface area (Å²) in [6, 6.07) is 0.0584. The van der Waals surface area contributed by atoms with Gasteiger partial charge in [0.15, 0.2) is 0 Å². The predicted molar refractivity (Wildman–Crippen MR) is 357 cm³/mol. The standard InChI is InChI=1S/C70H101ClF3N11O11/c1-15-21-48-39-57(87)81(12)54(36-41(4)5)60(88)77-58(43(7)16-2)67(95)80(11)45(9)63(91)85-35-31-53(85)66(94)82(13)55(38-47-25-23-42(6)24-26-47)65(93)79(10)40-56(86)76-51(30-28-46-27-29-49(50(71)37-46)70(72,73)74)64(92)84-34-20-22-52(84)61(89)78-69(32-18-19-33-69)68(96)83(14)59(44(8)17-3)62(90)75-48/h15,23-27,29,37,41,43-45,48,51-55,58-59H,1,16-22,28,30-36,38-40H2,2-14H3,(H,75,90)(H,76,86)(H,77,88)(H,78,89)/t43-,44-,45-,48+,51-,52-,53-,54-,55-,58-,59-/m0/s1. The number of hydrogen-bond acceptors (Lipinski definition) is 11. The van der Waals surface area contributed by atoms with Crippen molar-refractivity contribution in [3.63, 3.8) is 0 Å². The minimum absolute atomic E-state index is 0.0334. The summed E-state index contributed by atoms with van der Waals surface area (Å²) in [7, 11) is 7.17. The molecule has 2 aromatic carbocycles. The molecule has 0 radical (unpaired) electrons. The molecular formula is C70H101ClF3N11O11. The molecule has 96 heavy (non-hydrogen) atoms. The molecule has 22 nitrogen and oxygen atoms in total. The summed E-state index contributed by atoms with van der Waals surface area (Å²) in [5.41, 5.74) is -0.723. The Balaban J connectivity index is 1.42. The zero-order valence-electron chi connectivity index (χ0n) is 58.1. The highest BCUT2D eigenvalue weighted by atomic mass is 35.5. The van der Waals surface area contributed by atoms with Crippen molar-refractivity contribution in [3.8, 4) is 0 Å². The Bertz CT molecular complexity index is 3180. The predicted octanol–water partition coefficient (Wildman–Crippen LogP) is 6.22. The van der Waals surface area contributed by atoms with Crippen LogP contribution in [-0.4, -0.2) is 214 Å². The zero-order chi connectivity index (χ0) is 71.4. The van der Waals surface area contributed by atoms with Crippen LogP contribution < -0.4 is 21.3 Å². The van der Waals surface area contributed by atoms with Crippen LogP contribution in [0.2, 0.25) is 5.02 Å². The van der Waals surface area contributed by atoms with Crippen LogP contribution in [0.25, 0.3) is 0 Å². The van der Waals surface area contributed by atoms with Crippen molar-refractivity contribution < 1.29 is 65.9 Å². The number of rotatable bonds is 13. The minimum atomic E-state index is -4.76. The van der Waals surface area contributed by atoms with E-state index in [1.54, 1.807) is 32.1 Å². The lowest BCUT2D eigenvalue weighted by molar-refractivity contribution is -0.160. The second kappa shape index (κ2) is 33.6. The lowest BCUT2D eigenvalue weighted by Gasteiger charge is -2.45. The van der Waals surface area contributed by atoms with Gasteiger partial charge in [0.2, 0.25) is 65.0 Å². The Morgan fingerprint density at radius 1 is 0.677 bits per heavy atom. The normalized spacial score (nSPS) is 26.5. The second-order valence-corrected chi connectivity index (χ2v) is 27.9. The molecule has 0 bridgehead atoms. The number of alkyl halides is 3. The average Bonchev–Trinajstić information content (AvgIpc) is 1.07. The molecule has 3 heterocycles. The highest BCUT2D eigenvalue weighted by Gasteiger charge is 2.51. The lowest BCUT2D eigenvalue weighted by atomic mass is 9.90. The molecule has 4 aliphatic rings. The number of carbonyl (C=O) groups is 11. The van der Waals surface area contributed by atoms with Crippen molar-refractivity contribution in [3.05, 3.63) is 82.4 Å². The summed E-state index contributed by atoms with van der Waals surface area (Å²) in [6.07, 6.45) is -0.538. The fourth-order valence-corrected chi connectivity index (χ4v) is 13.8. The van der Waals surface area contributed by atoms with E-state index in [0.717, 1.165) is 22.6 Å². The summed E-state index contributed by atoms with van der Waals surface area (Å²) in [5.74, 6) is -8.00. The smallest absolute Gasteiger partial charge is 0.351 e. The Kier molecular flexibility index (Phi) is 27.1. The van der Waals surface area contributed by atoms with Crippen LogP contribution in [0.5, 0.6) is 0 Å². The molecule has 3 saturated heterocycles. The Labute approximate surface area is 568 Å². The summed E-state index contributed by atoms with van der Waals surface area (Å²) in [5, 5.41) is 11.1. The molecule has 4 N–H and O–H groups in total. The van der Waals surface area contributed by atoms with E-state index in [0.29, 0.717) is 43.2 Å². The molecule has 6 rings (SSSR count). The summed E-state index contributed by atoms with van der Waals surface area (Å²) in [4.78, 5) is 172. The number of benzene rings is 2. The molecule has 530 valence electrons. The van der Waals surface area contributed by atoms with Crippen molar-refractivity contribution in [1.82, 2.24) is 55.6 Å². The van der Waals surface area contributed by atoms with Gasteiger partial charge in [-0.15, -0.1) is 6.58 Å². The number of nitrogens with zero attached hydrogens (tertiary/aromatic N) is 7. The van der Waals surface area contributed by atoms with Gasteiger partial charge in [0.25, 0.3) is 0 Å². The highest BCUT2D eigenvalue weighted by molar-refractivity contribution is 6.31. The fourth-order valence-electron chi connectivity index (χ4n) is 13.5. The molecule has 2 aromatic rings. The van der Waals surface area contributed by atoms with E-state index in [4.69, 9.17) is 11.6 Å². The van der Waals surface area contributed by atoms with Crippen LogP contribution >= 0.6 is 11.6 Å². The number of amides is 11. The topological polar surface area (TPSA) is 259 Å². The third kappa shape index (κ3) is 18.5. The molecule has 1 saturated carbocycles. The van der Waals surface area contributed by atoms with Crippen molar-refractivity contribution in [2.75, 3.05) is 54.9 Å². The van der Waals surface area contributed by atoms with Gasteiger partial charge in [0.05, 0.1) is 17.1 Å². The van der Waals surface area contributed by atoms with E-state index in [-0.39, 0.29) is 83.2 Å². The first-order valence-electron chi connectivity index (χ1n) is 33.8. The van der Waals surface area contributed by atoms with E-state index >= 15 is 9.59 Å². The van der Waals surface area contributed by atoms with Crippen LogP contribution in [0.4, 0.5) is 13.2 Å². The Hall–Kier alpha value is -7.57. The molecule has 11 amide bonds. The molecule has 26 heteroatoms. The average molecular weight is 1370 g/mol. The number of halogens is 4. The fraction of sp³-hybridized carbons (Fsp3) is 0.643. The highest BCUT2D eigenvalue weighted by Crippen LogP contribution is 2.37. The Morgan fingerprint density at radius 3 is 1.88 bits per heavy atom. The molecular weight excluding hydrogens is 1260 g/mol. The van der Waals surface area contributed by atoms with E-state index in [1.165, 1.54) is 77.6 Å². The van der Waals surface area contributed by atoms with E-state index < -0.39 is 160 Å². The quantitative estimate of drug-likeness (QED) is 0.164.